The minimum Gasteiger partial charge on any atom is -0.481 e. The van der Waals surface area contributed by atoms with Gasteiger partial charge >= 0.3 is 7.12 Å². The number of aromatic nitrogens is 11. The molecule has 5 N–H and O–H groups in total. The minimum atomic E-state index is -4.38. The van der Waals surface area contributed by atoms with Crippen LogP contribution in [0.5, 0.6) is 11.8 Å². The molecule has 0 bridgehead atoms. The van der Waals surface area contributed by atoms with E-state index in [4.69, 9.17) is 34.4 Å². The molecule has 1 saturated heterocycles. The molecule has 1 aliphatic rings. The lowest BCUT2D eigenvalue weighted by atomic mass is 9.80. The van der Waals surface area contributed by atoms with Crippen molar-refractivity contribution < 1.29 is 63.1 Å². The van der Waals surface area contributed by atoms with Gasteiger partial charge in [0.1, 0.15) is 56.6 Å². The molecule has 0 atom stereocenters. The molecule has 7 aromatic heterocycles. The Hall–Kier alpha value is -9.38. The van der Waals surface area contributed by atoms with Crippen molar-refractivity contribution in [1.29, 1.82) is 0 Å². The van der Waals surface area contributed by atoms with Gasteiger partial charge in [0.2, 0.25) is 11.8 Å². The first-order chi connectivity index (χ1) is 44.5. The summed E-state index contributed by atoms with van der Waals surface area (Å²) in [6.07, 6.45) is 8.01. The van der Waals surface area contributed by atoms with Crippen molar-refractivity contribution >= 4 is 126 Å². The number of rotatable bonds is 11. The highest BCUT2D eigenvalue weighted by molar-refractivity contribution is 9.10. The summed E-state index contributed by atoms with van der Waals surface area (Å²) in [7, 11) is -6.90. The lowest BCUT2D eigenvalue weighted by molar-refractivity contribution is -0.134. The number of carbonyl (C=O) groups is 1. The third-order valence-corrected chi connectivity index (χ3v) is 18.0. The van der Waals surface area contributed by atoms with Crippen LogP contribution in [-0.4, -0.2) is 115 Å². The Morgan fingerprint density at radius 3 is 1.80 bits per heavy atom. The van der Waals surface area contributed by atoms with Crippen LogP contribution in [0.3, 0.4) is 0 Å². The number of carboxylic acids is 1. The van der Waals surface area contributed by atoms with Gasteiger partial charge in [-0.15, -0.1) is 20.4 Å². The van der Waals surface area contributed by atoms with Gasteiger partial charge in [-0.3, -0.25) is 33.0 Å². The van der Waals surface area contributed by atoms with Gasteiger partial charge in [0, 0.05) is 58.0 Å². The number of hydrogen-bond acceptors (Lipinski definition) is 19. The quantitative estimate of drug-likeness (QED) is 0.0690. The first kappa shape index (κ1) is 69.0. The molecular weight excluding hydrogens is 1400 g/mol. The van der Waals surface area contributed by atoms with Crippen LogP contribution in [0.1, 0.15) is 46.1 Å². The summed E-state index contributed by atoms with van der Waals surface area (Å²) < 4.78 is 138. The number of carboxylic acid groups (broad SMARTS) is 1. The summed E-state index contributed by atoms with van der Waals surface area (Å²) in [5.41, 5.74) is 12.8. The number of benzene rings is 5. The predicted molar refractivity (Wildman–Crippen MR) is 350 cm³/mol. The molecule has 8 heterocycles. The van der Waals surface area contributed by atoms with Gasteiger partial charge in [0.25, 0.3) is 26.0 Å². The highest BCUT2D eigenvalue weighted by atomic mass is 79.9. The highest BCUT2D eigenvalue weighted by Gasteiger charge is 2.52. The van der Waals surface area contributed by atoms with Crippen molar-refractivity contribution in [1.82, 2.24) is 54.1 Å². The lowest BCUT2D eigenvalue weighted by Crippen LogP contribution is -2.41. The number of anilines is 2. The van der Waals surface area contributed by atoms with Crippen LogP contribution in [0.2, 0.25) is 0 Å². The first-order valence-corrected chi connectivity index (χ1v) is 32.2. The number of hydrogen-bond donors (Lipinski definition) is 4. The van der Waals surface area contributed by atoms with E-state index in [2.05, 4.69) is 86.6 Å². The van der Waals surface area contributed by atoms with Crippen LogP contribution in [0, 0.1) is 30.2 Å². The van der Waals surface area contributed by atoms with Crippen molar-refractivity contribution in [2.24, 2.45) is 5.73 Å². The molecule has 0 saturated carbocycles. The average Bonchev–Trinajstić information content (AvgIpc) is 1.61. The van der Waals surface area contributed by atoms with Crippen molar-refractivity contribution in [3.05, 3.63) is 190 Å². The average molecular weight is 1450 g/mol. The maximum atomic E-state index is 14.1. The number of aryl methyl sites for hydroxylation is 1. The molecule has 1 aliphatic heterocycles. The number of sulfonamides is 2. The van der Waals surface area contributed by atoms with Gasteiger partial charge in [-0.2, -0.15) is 0 Å². The van der Waals surface area contributed by atoms with E-state index in [1.807, 2.05) is 110 Å². The molecule has 12 aromatic rings. The zero-order chi connectivity index (χ0) is 68.0. The zero-order valence-electron chi connectivity index (χ0n) is 50.8. The number of nitrogens with one attached hydrogen (secondary N) is 2. The Morgan fingerprint density at radius 1 is 0.638 bits per heavy atom. The van der Waals surface area contributed by atoms with Crippen LogP contribution >= 0.6 is 31.9 Å². The van der Waals surface area contributed by atoms with E-state index in [1.165, 1.54) is 38.7 Å². The maximum Gasteiger partial charge on any atom is 0.496 e. The third kappa shape index (κ3) is 15.8. The van der Waals surface area contributed by atoms with Gasteiger partial charge in [-0.25, -0.2) is 49.3 Å². The molecule has 0 unspecified atom stereocenters. The highest BCUT2D eigenvalue weighted by Crippen LogP contribution is 2.38. The van der Waals surface area contributed by atoms with Crippen LogP contribution in [0.4, 0.5) is 28.9 Å². The Bertz CT molecular complexity index is 5060. The number of methoxy groups -OCH3 is 2. The monoisotopic (exact) mass is 1450 g/mol. The molecule has 0 radical (unpaired) electrons. The van der Waals surface area contributed by atoms with Crippen molar-refractivity contribution in [2.75, 3.05) is 23.7 Å². The number of fused-ring (bicyclic) bond motifs is 7. The predicted octanol–water partition coefficient (Wildman–Crippen LogP) is 10.8. The normalized spacial score (nSPS) is 13.2. The zero-order valence-corrected chi connectivity index (χ0v) is 55.6. The third-order valence-electron chi connectivity index (χ3n) is 14.2. The number of halogens is 6. The fraction of sp³-hybridized carbons (Fsp3) is 0.180. The smallest absolute Gasteiger partial charge is 0.481 e. The van der Waals surface area contributed by atoms with Crippen molar-refractivity contribution in [2.45, 2.75) is 69.1 Å². The van der Waals surface area contributed by atoms with E-state index in [0.29, 0.717) is 35.4 Å². The van der Waals surface area contributed by atoms with Crippen LogP contribution < -0.4 is 30.1 Å². The van der Waals surface area contributed by atoms with Gasteiger partial charge < -0.3 is 29.6 Å². The van der Waals surface area contributed by atoms with Gasteiger partial charge in [-0.05, 0) is 137 Å². The fourth-order valence-corrected chi connectivity index (χ4v) is 11.9. The SMILES string of the molecule is CC(=O)O.COc1ncc(-c2ccc3ccc4nncn4c3c2)cc1NS(=O)(=O)c1ccc(F)cc1F.COc1ncc(B2OC(C)(C)C(C)(C)O2)cc1NS(=O)(=O)c1ccc(F)cc1F.Cc1nnc2cnc3ccc(Br)cc3n12.NCc1cnc2ccc(Br)cc2n1. The van der Waals surface area contributed by atoms with Crippen LogP contribution in [0.15, 0.2) is 165 Å². The molecule has 486 valence electrons. The molecule has 1 fully saturated rings. The lowest BCUT2D eigenvalue weighted by Gasteiger charge is -2.32. The van der Waals surface area contributed by atoms with E-state index < -0.39 is 77.4 Å². The Labute approximate surface area is 551 Å². The van der Waals surface area contributed by atoms with E-state index in [9.17, 15) is 34.4 Å². The minimum absolute atomic E-state index is 0.00123. The first-order valence-electron chi connectivity index (χ1n) is 27.7. The molecule has 5 aromatic carbocycles. The maximum absolute atomic E-state index is 14.1. The topological polar surface area (TPSA) is 317 Å². The summed E-state index contributed by atoms with van der Waals surface area (Å²) in [5, 5.41) is 24.4. The van der Waals surface area contributed by atoms with Crippen LogP contribution in [-0.2, 0) is 40.7 Å². The number of pyridine rings is 3. The number of nitrogens with two attached hydrogens (primary N) is 1. The molecule has 0 amide bonds. The number of aliphatic carboxylic acids is 1. The molecule has 94 heavy (non-hydrogen) atoms. The molecule has 13 rings (SSSR count). The molecular formula is C61H55BBr2F4N14O10S2. The van der Waals surface area contributed by atoms with E-state index in [1.54, 1.807) is 18.7 Å². The summed E-state index contributed by atoms with van der Waals surface area (Å²) in [5.74, 6) is -4.20. The summed E-state index contributed by atoms with van der Waals surface area (Å²) in [6, 6.07) is 28.6. The summed E-state index contributed by atoms with van der Waals surface area (Å²) in [4.78, 5) is 28.8. The van der Waals surface area contributed by atoms with Gasteiger partial charge in [0.15, 0.2) is 11.3 Å². The summed E-state index contributed by atoms with van der Waals surface area (Å²) >= 11 is 6.83. The summed E-state index contributed by atoms with van der Waals surface area (Å²) in [6.45, 7) is 11.0. The Balaban J connectivity index is 0.000000153. The molecule has 0 aliphatic carbocycles. The Kier molecular flexibility index (Phi) is 20.9. The second-order valence-corrected chi connectivity index (χ2v) is 26.4. The number of nitrogens with zero attached hydrogens (tertiary/aromatic N) is 11. The fourth-order valence-electron chi connectivity index (χ4n) is 9.02. The molecule has 33 heteroatoms. The van der Waals surface area contributed by atoms with Gasteiger partial charge in [-0.1, -0.05) is 44.0 Å². The largest absolute Gasteiger partial charge is 0.496 e. The second-order valence-electron chi connectivity index (χ2n) is 21.3. The van der Waals surface area contributed by atoms with Crippen molar-refractivity contribution in [3.63, 3.8) is 0 Å². The molecule has 24 nitrogen and oxygen atoms in total. The van der Waals surface area contributed by atoms with Crippen molar-refractivity contribution in [3.8, 4) is 22.9 Å². The van der Waals surface area contributed by atoms with Gasteiger partial charge in [0.05, 0.1) is 71.1 Å². The van der Waals surface area contributed by atoms with Crippen LogP contribution in [0.25, 0.3) is 55.4 Å². The Morgan fingerprint density at radius 2 is 1.20 bits per heavy atom. The molecule has 0 spiro atoms. The van der Waals surface area contributed by atoms with E-state index in [0.717, 1.165) is 95.8 Å². The second kappa shape index (κ2) is 28.5. The van der Waals surface area contributed by atoms with E-state index >= 15 is 0 Å². The standard InChI is InChI=1S/C22H15F2N5O3S.C18H21BF2N2O5S.C10H7BrN4.C9H8BrN3.C2H4O2/c1-32-22-18(28-33(30,31)20-6-5-16(23)10-17(20)24)8-15(11-25-22)14-3-2-13-4-7-21-27-26-12-29(21)19(13)9-14;1-17(2)18(3,4)28-19(27-17)11-8-14(16(26-5)22-10-11)23-29(24,25)15-7-6-12(20)9-13(15)21;1-6-13-14-10-5-12-8-3-2-7(11)4-9(8)15(6)10;10-6-1-2-8-9(3-6)13-7(4-11)5-12-8;1-2(3)4/h2-12,28H,1H3;6-10,23H,1-5H3;2-5H,1H3;1-3,5H,4,11H2;1H3,(H,3,4). The number of ether oxygens (including phenoxy) is 2. The van der Waals surface area contributed by atoms with E-state index in [-0.39, 0.29) is 23.1 Å².